The Kier molecular flexibility index (Phi) is 7.50. The molecule has 0 radical (unpaired) electrons. The summed E-state index contributed by atoms with van der Waals surface area (Å²) in [5.74, 6) is -1.14. The molecule has 0 saturated carbocycles. The molecule has 0 fully saturated rings. The van der Waals surface area contributed by atoms with Crippen LogP contribution < -0.4 is 5.32 Å². The third-order valence-corrected chi connectivity index (χ3v) is 2.22. The van der Waals surface area contributed by atoms with Crippen LogP contribution in [0, 0.1) is 0 Å². The molecule has 104 valence electrons. The largest absolute Gasteiger partial charge is 0.481 e. The number of amides is 3. The average molecular weight is 259 g/mol. The molecule has 0 aliphatic rings. The predicted molar refractivity (Wildman–Crippen MR) is 66.2 cm³/mol. The van der Waals surface area contributed by atoms with E-state index in [1.807, 2.05) is 6.92 Å². The van der Waals surface area contributed by atoms with Crippen molar-refractivity contribution in [1.82, 2.24) is 15.1 Å². The van der Waals surface area contributed by atoms with Gasteiger partial charge in [-0.05, 0) is 6.42 Å². The van der Waals surface area contributed by atoms with Crippen molar-refractivity contribution in [2.45, 2.75) is 19.8 Å². The molecule has 0 aromatic rings. The lowest BCUT2D eigenvalue weighted by molar-refractivity contribution is -0.137. The summed E-state index contributed by atoms with van der Waals surface area (Å²) in [6.07, 6.45) is 0.598. The summed E-state index contributed by atoms with van der Waals surface area (Å²) in [6.45, 7) is 2.42. The first-order valence-electron chi connectivity index (χ1n) is 5.83. The summed E-state index contributed by atoms with van der Waals surface area (Å²) in [7, 11) is 3.24. The highest BCUT2D eigenvalue weighted by atomic mass is 16.4. The highest BCUT2D eigenvalue weighted by Gasteiger charge is 2.17. The van der Waals surface area contributed by atoms with Gasteiger partial charge in [0.05, 0.1) is 6.42 Å². The van der Waals surface area contributed by atoms with Crippen molar-refractivity contribution >= 4 is 17.9 Å². The Morgan fingerprint density at radius 2 is 1.83 bits per heavy atom. The third kappa shape index (κ3) is 6.72. The number of carbonyl (C=O) groups excluding carboxylic acids is 2. The van der Waals surface area contributed by atoms with E-state index in [1.54, 1.807) is 14.1 Å². The number of hydrogen-bond acceptors (Lipinski definition) is 3. The van der Waals surface area contributed by atoms with E-state index in [4.69, 9.17) is 5.11 Å². The number of hydrogen-bond donors (Lipinski definition) is 2. The van der Waals surface area contributed by atoms with Crippen molar-refractivity contribution in [2.75, 3.05) is 33.7 Å². The second-order valence-electron chi connectivity index (χ2n) is 4.09. The average Bonchev–Trinajstić information content (AvgIpc) is 2.27. The number of urea groups is 1. The fraction of sp³-hybridized carbons (Fsp3) is 0.727. The van der Waals surface area contributed by atoms with E-state index in [0.717, 1.165) is 6.42 Å². The van der Waals surface area contributed by atoms with Crippen LogP contribution in [0.25, 0.3) is 0 Å². The van der Waals surface area contributed by atoms with Crippen molar-refractivity contribution in [1.29, 1.82) is 0 Å². The molecule has 0 atom stereocenters. The van der Waals surface area contributed by atoms with Crippen LogP contribution in [0.2, 0.25) is 0 Å². The molecular weight excluding hydrogens is 238 g/mol. The Morgan fingerprint density at radius 3 is 2.28 bits per heavy atom. The molecule has 0 spiro atoms. The number of carboxylic acid groups (broad SMARTS) is 1. The van der Waals surface area contributed by atoms with Crippen LogP contribution >= 0.6 is 0 Å². The van der Waals surface area contributed by atoms with E-state index in [2.05, 4.69) is 5.32 Å². The molecule has 0 rings (SSSR count). The molecule has 7 nitrogen and oxygen atoms in total. The van der Waals surface area contributed by atoms with E-state index in [1.165, 1.54) is 9.80 Å². The Balaban J connectivity index is 4.26. The fourth-order valence-corrected chi connectivity index (χ4v) is 1.22. The number of carbonyl (C=O) groups is 3. The van der Waals surface area contributed by atoms with Gasteiger partial charge in [-0.25, -0.2) is 4.79 Å². The molecule has 0 saturated heterocycles. The summed E-state index contributed by atoms with van der Waals surface area (Å²) >= 11 is 0. The molecule has 0 aromatic carbocycles. The molecule has 0 bridgehead atoms. The summed E-state index contributed by atoms with van der Waals surface area (Å²) in [6, 6.07) is -0.409. The maximum Gasteiger partial charge on any atom is 0.317 e. The molecular formula is C11H21N3O4. The minimum Gasteiger partial charge on any atom is -0.481 e. The number of nitrogens with one attached hydrogen (secondary N) is 1. The summed E-state index contributed by atoms with van der Waals surface area (Å²) in [4.78, 5) is 36.4. The Hall–Kier alpha value is -1.79. The van der Waals surface area contributed by atoms with Crippen molar-refractivity contribution in [2.24, 2.45) is 0 Å². The number of aliphatic carboxylic acids is 1. The van der Waals surface area contributed by atoms with Crippen LogP contribution in [-0.2, 0) is 9.59 Å². The van der Waals surface area contributed by atoms with Gasteiger partial charge in [-0.3, -0.25) is 9.59 Å². The maximum absolute atomic E-state index is 11.7. The molecule has 0 heterocycles. The summed E-state index contributed by atoms with van der Waals surface area (Å²) in [5, 5.41) is 10.9. The molecule has 0 unspecified atom stereocenters. The third-order valence-electron chi connectivity index (χ3n) is 2.22. The van der Waals surface area contributed by atoms with Gasteiger partial charge in [0.25, 0.3) is 0 Å². The summed E-state index contributed by atoms with van der Waals surface area (Å²) in [5.41, 5.74) is 0. The number of carboxylic acids is 1. The van der Waals surface area contributed by atoms with Crippen molar-refractivity contribution < 1.29 is 19.5 Å². The van der Waals surface area contributed by atoms with Crippen LogP contribution in [0.5, 0.6) is 0 Å². The zero-order valence-corrected chi connectivity index (χ0v) is 11.1. The van der Waals surface area contributed by atoms with E-state index in [9.17, 15) is 14.4 Å². The second kappa shape index (κ2) is 8.32. The quantitative estimate of drug-likeness (QED) is 0.672. The predicted octanol–water partition coefficient (Wildman–Crippen LogP) is -0.0291. The lowest BCUT2D eigenvalue weighted by Crippen LogP contribution is -2.46. The first kappa shape index (κ1) is 16.2. The van der Waals surface area contributed by atoms with Crippen LogP contribution in [0.3, 0.4) is 0 Å². The van der Waals surface area contributed by atoms with Crippen molar-refractivity contribution in [3.63, 3.8) is 0 Å². The lowest BCUT2D eigenvalue weighted by Gasteiger charge is -2.23. The molecule has 0 aliphatic carbocycles. The first-order valence-corrected chi connectivity index (χ1v) is 5.83. The van der Waals surface area contributed by atoms with Crippen LogP contribution in [-0.4, -0.2) is 66.5 Å². The Morgan fingerprint density at radius 1 is 1.22 bits per heavy atom. The van der Waals surface area contributed by atoms with E-state index in [-0.39, 0.29) is 25.4 Å². The van der Waals surface area contributed by atoms with Gasteiger partial charge in [-0.2, -0.15) is 0 Å². The number of rotatable bonds is 7. The highest BCUT2D eigenvalue weighted by molar-refractivity contribution is 5.84. The van der Waals surface area contributed by atoms with E-state index >= 15 is 0 Å². The van der Waals surface area contributed by atoms with Gasteiger partial charge in [0, 0.05) is 27.2 Å². The molecule has 2 N–H and O–H groups in total. The normalized spacial score (nSPS) is 9.72. The zero-order valence-electron chi connectivity index (χ0n) is 11.1. The molecule has 0 aromatic heterocycles. The lowest BCUT2D eigenvalue weighted by atomic mass is 10.4. The van der Waals surface area contributed by atoms with Gasteiger partial charge in [0.2, 0.25) is 5.91 Å². The molecule has 18 heavy (non-hydrogen) atoms. The molecule has 3 amide bonds. The molecule has 0 aliphatic heterocycles. The SMILES string of the molecule is CCCN(CC(=O)N(C)C)C(=O)NCCC(=O)O. The van der Waals surface area contributed by atoms with Gasteiger partial charge < -0.3 is 20.2 Å². The monoisotopic (exact) mass is 259 g/mol. The zero-order chi connectivity index (χ0) is 14.1. The van der Waals surface area contributed by atoms with E-state index < -0.39 is 12.0 Å². The Labute approximate surface area is 107 Å². The summed E-state index contributed by atoms with van der Waals surface area (Å²) < 4.78 is 0. The van der Waals surface area contributed by atoms with Crippen molar-refractivity contribution in [3.05, 3.63) is 0 Å². The highest BCUT2D eigenvalue weighted by Crippen LogP contribution is 1.95. The van der Waals surface area contributed by atoms with Crippen LogP contribution in [0.15, 0.2) is 0 Å². The number of likely N-dealkylation sites (N-methyl/N-ethyl adjacent to an activating group) is 1. The van der Waals surface area contributed by atoms with Gasteiger partial charge in [-0.1, -0.05) is 6.92 Å². The minimum absolute atomic E-state index is 0.000253. The minimum atomic E-state index is -0.971. The standard InChI is InChI=1S/C11H21N3O4/c1-4-7-14(8-9(15)13(2)3)11(18)12-6-5-10(16)17/h4-8H2,1-3H3,(H,12,18)(H,16,17). The smallest absolute Gasteiger partial charge is 0.317 e. The topological polar surface area (TPSA) is 90.0 Å². The van der Waals surface area contributed by atoms with Crippen molar-refractivity contribution in [3.8, 4) is 0 Å². The van der Waals surface area contributed by atoms with Gasteiger partial charge in [0.1, 0.15) is 6.54 Å². The second-order valence-corrected chi connectivity index (χ2v) is 4.09. The van der Waals surface area contributed by atoms with Gasteiger partial charge in [-0.15, -0.1) is 0 Å². The first-order chi connectivity index (χ1) is 8.38. The fourth-order valence-electron chi connectivity index (χ4n) is 1.22. The van der Waals surface area contributed by atoms with E-state index in [0.29, 0.717) is 6.54 Å². The maximum atomic E-state index is 11.7. The Bertz CT molecular complexity index is 305. The van der Waals surface area contributed by atoms with Gasteiger partial charge in [0.15, 0.2) is 0 Å². The van der Waals surface area contributed by atoms with Crippen LogP contribution in [0.1, 0.15) is 19.8 Å². The van der Waals surface area contributed by atoms with Crippen LogP contribution in [0.4, 0.5) is 4.79 Å². The number of nitrogens with zero attached hydrogens (tertiary/aromatic N) is 2. The molecule has 7 heteroatoms. The van der Waals surface area contributed by atoms with Gasteiger partial charge >= 0.3 is 12.0 Å².